The first-order chi connectivity index (χ1) is 6.63. The average molecular weight is 201 g/mol. The Bertz CT molecular complexity index is 188. The predicted molar refractivity (Wildman–Crippen MR) is 53.0 cm³/mol. The minimum atomic E-state index is -0.890. The number of ether oxygens (including phenoxy) is 1. The Kier molecular flexibility index (Phi) is 4.35. The molecule has 0 aliphatic heterocycles. The molecule has 0 aromatic rings. The molecule has 14 heavy (non-hydrogen) atoms. The highest BCUT2D eigenvalue weighted by Crippen LogP contribution is 2.28. The molecule has 0 aromatic heterocycles. The van der Waals surface area contributed by atoms with E-state index in [4.69, 9.17) is 15.6 Å². The zero-order valence-electron chi connectivity index (χ0n) is 8.61. The van der Waals surface area contributed by atoms with Crippen LogP contribution in [0, 0.1) is 5.92 Å². The van der Waals surface area contributed by atoms with Gasteiger partial charge in [-0.2, -0.15) is 0 Å². The van der Waals surface area contributed by atoms with Crippen LogP contribution in [0.3, 0.4) is 0 Å². The van der Waals surface area contributed by atoms with Crippen molar-refractivity contribution in [1.82, 2.24) is 0 Å². The van der Waals surface area contributed by atoms with Crippen LogP contribution in [-0.4, -0.2) is 30.3 Å². The SMILES string of the molecule is COC1CCC(C[C@H](N)C(=O)O)CC1. The third-order valence-corrected chi connectivity index (χ3v) is 3.03. The second kappa shape index (κ2) is 5.32. The first kappa shape index (κ1) is 11.5. The van der Waals surface area contributed by atoms with Gasteiger partial charge < -0.3 is 15.6 Å². The summed E-state index contributed by atoms with van der Waals surface area (Å²) < 4.78 is 5.24. The van der Waals surface area contributed by atoms with E-state index in [0.29, 0.717) is 18.4 Å². The van der Waals surface area contributed by atoms with Gasteiger partial charge >= 0.3 is 5.97 Å². The lowest BCUT2D eigenvalue weighted by Crippen LogP contribution is -2.34. The average Bonchev–Trinajstić information content (AvgIpc) is 2.19. The summed E-state index contributed by atoms with van der Waals surface area (Å²) >= 11 is 0. The number of carboxylic acid groups (broad SMARTS) is 1. The molecular weight excluding hydrogens is 182 g/mol. The summed E-state index contributed by atoms with van der Waals surface area (Å²) in [4.78, 5) is 10.5. The molecule has 0 unspecified atom stereocenters. The van der Waals surface area contributed by atoms with Gasteiger partial charge in [0.25, 0.3) is 0 Å². The zero-order valence-corrected chi connectivity index (χ0v) is 8.61. The molecule has 1 aliphatic carbocycles. The standard InChI is InChI=1S/C10H19NO3/c1-14-8-4-2-7(3-5-8)6-9(11)10(12)13/h7-9H,2-6,11H2,1H3,(H,12,13)/t7?,8?,9-/m0/s1. The number of hydrogen-bond acceptors (Lipinski definition) is 3. The van der Waals surface area contributed by atoms with Gasteiger partial charge in [-0.3, -0.25) is 4.79 Å². The van der Waals surface area contributed by atoms with Crippen molar-refractivity contribution < 1.29 is 14.6 Å². The van der Waals surface area contributed by atoms with E-state index >= 15 is 0 Å². The van der Waals surface area contributed by atoms with E-state index < -0.39 is 12.0 Å². The van der Waals surface area contributed by atoms with Crippen molar-refractivity contribution in [2.75, 3.05) is 7.11 Å². The van der Waals surface area contributed by atoms with Crippen molar-refractivity contribution in [3.05, 3.63) is 0 Å². The van der Waals surface area contributed by atoms with Crippen molar-refractivity contribution in [1.29, 1.82) is 0 Å². The molecule has 82 valence electrons. The van der Waals surface area contributed by atoms with Crippen LogP contribution in [0.15, 0.2) is 0 Å². The number of carbonyl (C=O) groups is 1. The van der Waals surface area contributed by atoms with Crippen LogP contribution in [0.2, 0.25) is 0 Å². The Hall–Kier alpha value is -0.610. The van der Waals surface area contributed by atoms with E-state index in [1.54, 1.807) is 7.11 Å². The van der Waals surface area contributed by atoms with Gasteiger partial charge in [0.15, 0.2) is 0 Å². The monoisotopic (exact) mass is 201 g/mol. The lowest BCUT2D eigenvalue weighted by molar-refractivity contribution is -0.139. The lowest BCUT2D eigenvalue weighted by Gasteiger charge is -2.28. The predicted octanol–water partition coefficient (Wildman–Crippen LogP) is 0.994. The Labute approximate surface area is 84.4 Å². The lowest BCUT2D eigenvalue weighted by atomic mass is 9.83. The fourth-order valence-electron chi connectivity index (χ4n) is 2.06. The molecule has 0 saturated heterocycles. The van der Waals surface area contributed by atoms with Crippen LogP contribution >= 0.6 is 0 Å². The zero-order chi connectivity index (χ0) is 10.6. The largest absolute Gasteiger partial charge is 0.480 e. The molecule has 1 aliphatic rings. The van der Waals surface area contributed by atoms with Crippen LogP contribution in [-0.2, 0) is 9.53 Å². The van der Waals surface area contributed by atoms with Crippen molar-refractivity contribution in [3.8, 4) is 0 Å². The van der Waals surface area contributed by atoms with Gasteiger partial charge in [0.05, 0.1) is 6.10 Å². The number of aliphatic carboxylic acids is 1. The maximum absolute atomic E-state index is 10.5. The van der Waals surface area contributed by atoms with Crippen molar-refractivity contribution in [2.45, 2.75) is 44.2 Å². The molecule has 0 aromatic carbocycles. The highest BCUT2D eigenvalue weighted by molar-refractivity contribution is 5.73. The molecule has 1 atom stereocenters. The smallest absolute Gasteiger partial charge is 0.320 e. The van der Waals surface area contributed by atoms with E-state index in [2.05, 4.69) is 0 Å². The highest BCUT2D eigenvalue weighted by Gasteiger charge is 2.24. The third-order valence-electron chi connectivity index (χ3n) is 3.03. The van der Waals surface area contributed by atoms with Gasteiger partial charge in [-0.15, -0.1) is 0 Å². The number of carboxylic acids is 1. The molecule has 1 saturated carbocycles. The molecular formula is C10H19NO3. The van der Waals surface area contributed by atoms with Crippen LogP contribution in [0.1, 0.15) is 32.1 Å². The van der Waals surface area contributed by atoms with E-state index in [1.807, 2.05) is 0 Å². The van der Waals surface area contributed by atoms with Crippen LogP contribution in [0.5, 0.6) is 0 Å². The van der Waals surface area contributed by atoms with E-state index in [0.717, 1.165) is 25.7 Å². The fourth-order valence-corrected chi connectivity index (χ4v) is 2.06. The van der Waals surface area contributed by atoms with Gasteiger partial charge in [-0.05, 0) is 38.0 Å². The Balaban J connectivity index is 2.25. The summed E-state index contributed by atoms with van der Waals surface area (Å²) in [7, 11) is 1.73. The Morgan fingerprint density at radius 1 is 1.50 bits per heavy atom. The van der Waals surface area contributed by atoms with Crippen molar-refractivity contribution in [3.63, 3.8) is 0 Å². The van der Waals surface area contributed by atoms with Gasteiger partial charge in [0.2, 0.25) is 0 Å². The van der Waals surface area contributed by atoms with E-state index in [1.165, 1.54) is 0 Å². The quantitative estimate of drug-likeness (QED) is 0.711. The maximum atomic E-state index is 10.5. The second-order valence-corrected chi connectivity index (χ2v) is 4.06. The van der Waals surface area contributed by atoms with Gasteiger partial charge in [-0.25, -0.2) is 0 Å². The summed E-state index contributed by atoms with van der Waals surface area (Å²) in [5, 5.41) is 8.66. The topological polar surface area (TPSA) is 72.5 Å². The summed E-state index contributed by atoms with van der Waals surface area (Å²) in [6, 6.07) is -0.695. The molecule has 0 bridgehead atoms. The summed E-state index contributed by atoms with van der Waals surface area (Å²) in [5.41, 5.74) is 5.48. The van der Waals surface area contributed by atoms with Gasteiger partial charge in [0.1, 0.15) is 6.04 Å². The molecule has 1 fully saturated rings. The summed E-state index contributed by atoms with van der Waals surface area (Å²) in [6.45, 7) is 0. The minimum Gasteiger partial charge on any atom is -0.480 e. The Morgan fingerprint density at radius 3 is 2.50 bits per heavy atom. The number of rotatable bonds is 4. The molecule has 0 heterocycles. The number of methoxy groups -OCH3 is 1. The van der Waals surface area contributed by atoms with Gasteiger partial charge in [-0.1, -0.05) is 0 Å². The molecule has 4 nitrogen and oxygen atoms in total. The minimum absolute atomic E-state index is 0.368. The van der Waals surface area contributed by atoms with Crippen LogP contribution in [0.4, 0.5) is 0 Å². The van der Waals surface area contributed by atoms with Crippen molar-refractivity contribution in [2.24, 2.45) is 11.7 Å². The fraction of sp³-hybridized carbons (Fsp3) is 0.900. The molecule has 0 spiro atoms. The van der Waals surface area contributed by atoms with E-state index in [-0.39, 0.29) is 0 Å². The first-order valence-corrected chi connectivity index (χ1v) is 5.14. The summed E-state index contributed by atoms with van der Waals surface area (Å²) in [6.07, 6.45) is 5.12. The van der Waals surface area contributed by atoms with Gasteiger partial charge in [0, 0.05) is 7.11 Å². The van der Waals surface area contributed by atoms with E-state index in [9.17, 15) is 4.79 Å². The van der Waals surface area contributed by atoms with Crippen LogP contribution in [0.25, 0.3) is 0 Å². The number of nitrogens with two attached hydrogens (primary N) is 1. The molecule has 4 heteroatoms. The number of hydrogen-bond donors (Lipinski definition) is 2. The van der Waals surface area contributed by atoms with Crippen molar-refractivity contribution >= 4 is 5.97 Å². The summed E-state index contributed by atoms with van der Waals surface area (Å²) in [5.74, 6) is -0.425. The maximum Gasteiger partial charge on any atom is 0.320 e. The normalized spacial score (nSPS) is 29.9. The molecule has 0 amide bonds. The second-order valence-electron chi connectivity index (χ2n) is 4.06. The molecule has 3 N–H and O–H groups in total. The first-order valence-electron chi connectivity index (χ1n) is 5.14. The third kappa shape index (κ3) is 3.27. The van der Waals surface area contributed by atoms with Crippen LogP contribution < -0.4 is 5.73 Å². The molecule has 0 radical (unpaired) electrons. The highest BCUT2D eigenvalue weighted by atomic mass is 16.5. The Morgan fingerprint density at radius 2 is 2.07 bits per heavy atom. The molecule has 1 rings (SSSR count).